The summed E-state index contributed by atoms with van der Waals surface area (Å²) in [5, 5.41) is 0. The maximum Gasteiger partial charge on any atom is 0.124 e. The first kappa shape index (κ1) is 18.3. The van der Waals surface area contributed by atoms with Gasteiger partial charge in [-0.15, -0.1) is 0 Å². The molecule has 0 spiro atoms. The Hall–Kier alpha value is -1.78. The summed E-state index contributed by atoms with van der Waals surface area (Å²) in [7, 11) is 0. The molecule has 2 rings (SSSR count). The Morgan fingerprint density at radius 1 is 1.00 bits per heavy atom. The largest absolute Gasteiger partial charge is 0.303 e. The zero-order valence-electron chi connectivity index (χ0n) is 12.2. The van der Waals surface area contributed by atoms with E-state index in [1.54, 1.807) is 24.3 Å². The topological polar surface area (TPSA) is 29.1 Å². The van der Waals surface area contributed by atoms with Gasteiger partial charge in [-0.1, -0.05) is 24.3 Å². The number of hydrogen-bond acceptors (Lipinski definition) is 2. The Morgan fingerprint density at radius 3 is 1.86 bits per heavy atom. The van der Waals surface area contributed by atoms with Crippen LogP contribution in [0.15, 0.2) is 48.5 Å². The van der Waals surface area contributed by atoms with Crippen molar-refractivity contribution in [1.29, 1.82) is 0 Å². The third kappa shape index (κ3) is 7.29. The van der Waals surface area contributed by atoms with Gasteiger partial charge < -0.3 is 4.79 Å². The normalized spacial score (nSPS) is 11.3. The highest BCUT2D eigenvalue weighted by Crippen LogP contribution is 2.05. The minimum absolute atomic E-state index is 0.203. The maximum absolute atomic E-state index is 12.5. The highest BCUT2D eigenvalue weighted by Gasteiger charge is 2.00. The molecular formula is C17H18ClF2NO. The molecular weight excluding hydrogens is 308 g/mol. The van der Waals surface area contributed by atoms with Gasteiger partial charge >= 0.3 is 0 Å². The standard InChI is InChI=1S/C9H11ClFN.C8H7FO/c1-7(12-10)6-8-2-4-9(11)5-3-8;9-8-3-1-7(2-4-8)5-6-10/h2-5,7,12H,6H2,1H3;1-4,6H,5H2/t7-;/m0./s1. The molecule has 2 nitrogen and oxygen atoms in total. The van der Waals surface area contributed by atoms with Gasteiger partial charge in [0.05, 0.1) is 0 Å². The van der Waals surface area contributed by atoms with Gasteiger partial charge in [-0.25, -0.2) is 13.6 Å². The summed E-state index contributed by atoms with van der Waals surface area (Å²) in [4.78, 5) is 12.6. The second-order valence-electron chi connectivity index (χ2n) is 4.84. The van der Waals surface area contributed by atoms with Crippen LogP contribution in [0.2, 0.25) is 0 Å². The van der Waals surface area contributed by atoms with E-state index >= 15 is 0 Å². The van der Waals surface area contributed by atoms with Crippen LogP contribution >= 0.6 is 11.8 Å². The Bertz CT molecular complexity index is 558. The third-order valence-electron chi connectivity index (χ3n) is 2.87. The summed E-state index contributed by atoms with van der Waals surface area (Å²) >= 11 is 5.41. The molecule has 1 N–H and O–H groups in total. The van der Waals surface area contributed by atoms with Crippen molar-refractivity contribution in [1.82, 2.24) is 4.84 Å². The zero-order valence-corrected chi connectivity index (χ0v) is 13.0. The number of benzene rings is 2. The van der Waals surface area contributed by atoms with Gasteiger partial charge in [0.25, 0.3) is 0 Å². The predicted octanol–water partition coefficient (Wildman–Crippen LogP) is 4.07. The smallest absolute Gasteiger partial charge is 0.124 e. The Labute approximate surface area is 134 Å². The van der Waals surface area contributed by atoms with Crippen molar-refractivity contribution in [2.75, 3.05) is 0 Å². The highest BCUT2D eigenvalue weighted by atomic mass is 35.5. The number of carbonyl (C=O) groups is 1. The number of nitrogens with one attached hydrogen (secondary N) is 1. The van der Waals surface area contributed by atoms with Crippen molar-refractivity contribution in [2.24, 2.45) is 0 Å². The molecule has 5 heteroatoms. The van der Waals surface area contributed by atoms with Gasteiger partial charge in [-0.05, 0) is 60.5 Å². The molecule has 0 amide bonds. The molecule has 0 aromatic heterocycles. The van der Waals surface area contributed by atoms with E-state index < -0.39 is 0 Å². The van der Waals surface area contributed by atoms with Crippen LogP contribution < -0.4 is 4.84 Å². The van der Waals surface area contributed by atoms with E-state index in [2.05, 4.69) is 4.84 Å². The first-order chi connectivity index (χ1) is 10.5. The van der Waals surface area contributed by atoms with Crippen LogP contribution in [-0.2, 0) is 17.6 Å². The monoisotopic (exact) mass is 325 g/mol. The summed E-state index contributed by atoms with van der Waals surface area (Å²) in [5.41, 5.74) is 1.92. The van der Waals surface area contributed by atoms with Crippen molar-refractivity contribution < 1.29 is 13.6 Å². The van der Waals surface area contributed by atoms with Crippen molar-refractivity contribution in [3.63, 3.8) is 0 Å². The average molecular weight is 326 g/mol. The summed E-state index contributed by atoms with van der Waals surface area (Å²) in [6.45, 7) is 1.97. The summed E-state index contributed by atoms with van der Waals surface area (Å²) in [5.74, 6) is -0.472. The minimum atomic E-state index is -0.269. The number of aldehydes is 1. The van der Waals surface area contributed by atoms with E-state index in [1.807, 2.05) is 6.92 Å². The molecule has 22 heavy (non-hydrogen) atoms. The zero-order chi connectivity index (χ0) is 16.4. The van der Waals surface area contributed by atoms with E-state index in [4.69, 9.17) is 11.8 Å². The second-order valence-corrected chi connectivity index (χ2v) is 5.06. The van der Waals surface area contributed by atoms with Crippen LogP contribution in [0.25, 0.3) is 0 Å². The van der Waals surface area contributed by atoms with Crippen LogP contribution in [0.1, 0.15) is 18.1 Å². The molecule has 2 aromatic carbocycles. The van der Waals surface area contributed by atoms with Gasteiger partial charge in [0, 0.05) is 12.5 Å². The van der Waals surface area contributed by atoms with Gasteiger partial charge in [0.1, 0.15) is 17.9 Å². The summed E-state index contributed by atoms with van der Waals surface area (Å²) in [6, 6.07) is 12.5. The predicted molar refractivity (Wildman–Crippen MR) is 84.7 cm³/mol. The SMILES string of the molecule is C[C@@H](Cc1ccc(F)cc1)NCl.O=CCc1ccc(F)cc1. The molecule has 0 radical (unpaired) electrons. The summed E-state index contributed by atoms with van der Waals surface area (Å²) < 4.78 is 24.7. The number of carbonyl (C=O) groups excluding carboxylic acids is 1. The summed E-state index contributed by atoms with van der Waals surface area (Å²) in [6.07, 6.45) is 1.97. The van der Waals surface area contributed by atoms with Gasteiger partial charge in [0.2, 0.25) is 0 Å². The number of halogens is 3. The van der Waals surface area contributed by atoms with Crippen molar-refractivity contribution >= 4 is 18.1 Å². The van der Waals surface area contributed by atoms with Crippen LogP contribution in [-0.4, -0.2) is 12.3 Å². The van der Waals surface area contributed by atoms with Gasteiger partial charge in [-0.3, -0.25) is 0 Å². The van der Waals surface area contributed by atoms with Gasteiger partial charge in [0.15, 0.2) is 0 Å². The minimum Gasteiger partial charge on any atom is -0.303 e. The second kappa shape index (κ2) is 10.0. The van der Waals surface area contributed by atoms with Crippen molar-refractivity contribution in [2.45, 2.75) is 25.8 Å². The first-order valence-corrected chi connectivity index (χ1v) is 7.21. The van der Waals surface area contributed by atoms with E-state index in [9.17, 15) is 13.6 Å². The molecule has 0 heterocycles. The Balaban J connectivity index is 0.000000224. The number of hydrogen-bond donors (Lipinski definition) is 1. The average Bonchev–Trinajstić information content (AvgIpc) is 2.53. The molecule has 0 aliphatic heterocycles. The lowest BCUT2D eigenvalue weighted by Gasteiger charge is -2.07. The Kier molecular flexibility index (Phi) is 8.33. The lowest BCUT2D eigenvalue weighted by atomic mass is 10.1. The third-order valence-corrected chi connectivity index (χ3v) is 3.25. The van der Waals surface area contributed by atoms with Crippen LogP contribution in [0.5, 0.6) is 0 Å². The molecule has 0 unspecified atom stereocenters. The van der Waals surface area contributed by atoms with E-state index in [0.29, 0.717) is 6.42 Å². The molecule has 0 saturated carbocycles. The fraction of sp³-hybridized carbons (Fsp3) is 0.235. The molecule has 0 aliphatic rings. The fourth-order valence-electron chi connectivity index (χ4n) is 1.73. The lowest BCUT2D eigenvalue weighted by molar-refractivity contribution is -0.107. The quantitative estimate of drug-likeness (QED) is 0.663. The van der Waals surface area contributed by atoms with Crippen LogP contribution in [0.3, 0.4) is 0 Å². The molecule has 2 aromatic rings. The Morgan fingerprint density at radius 2 is 1.45 bits per heavy atom. The first-order valence-electron chi connectivity index (χ1n) is 6.84. The van der Waals surface area contributed by atoms with Gasteiger partial charge in [-0.2, -0.15) is 0 Å². The maximum atomic E-state index is 12.5. The van der Waals surface area contributed by atoms with E-state index in [1.165, 1.54) is 24.3 Å². The molecule has 0 fully saturated rings. The van der Waals surface area contributed by atoms with Crippen LogP contribution in [0, 0.1) is 11.6 Å². The highest BCUT2D eigenvalue weighted by molar-refractivity contribution is 6.13. The van der Waals surface area contributed by atoms with Crippen molar-refractivity contribution in [3.8, 4) is 0 Å². The fourth-order valence-corrected chi connectivity index (χ4v) is 1.81. The molecule has 0 aliphatic carbocycles. The molecule has 1 atom stereocenters. The molecule has 0 saturated heterocycles. The molecule has 0 bridgehead atoms. The number of rotatable bonds is 5. The molecule has 118 valence electrons. The lowest BCUT2D eigenvalue weighted by Crippen LogP contribution is -2.18. The van der Waals surface area contributed by atoms with E-state index in [-0.39, 0.29) is 17.7 Å². The van der Waals surface area contributed by atoms with Crippen molar-refractivity contribution in [3.05, 3.63) is 71.3 Å². The van der Waals surface area contributed by atoms with E-state index in [0.717, 1.165) is 23.8 Å². The van der Waals surface area contributed by atoms with Crippen LogP contribution in [0.4, 0.5) is 8.78 Å².